The molecule has 1 heterocycles. The molecule has 1 amide bonds. The molecular weight excluding hydrogens is 244 g/mol. The van der Waals surface area contributed by atoms with E-state index in [0.717, 1.165) is 25.7 Å². The molecule has 0 saturated heterocycles. The zero-order chi connectivity index (χ0) is 13.2. The second kappa shape index (κ2) is 5.41. The van der Waals surface area contributed by atoms with Gasteiger partial charge in [-0.1, -0.05) is 19.4 Å². The van der Waals surface area contributed by atoms with E-state index in [1.807, 2.05) is 18.4 Å². The predicted octanol–water partition coefficient (Wildman–Crippen LogP) is 2.83. The monoisotopic (exact) mass is 266 g/mol. The van der Waals surface area contributed by atoms with E-state index in [0.29, 0.717) is 5.92 Å². The summed E-state index contributed by atoms with van der Waals surface area (Å²) in [7, 11) is 0. The van der Waals surface area contributed by atoms with Crippen LogP contribution in [0.5, 0.6) is 0 Å². The third kappa shape index (κ3) is 2.93. The average molecular weight is 266 g/mol. The van der Waals surface area contributed by atoms with E-state index in [9.17, 15) is 4.79 Å². The minimum Gasteiger partial charge on any atom is -0.347 e. The van der Waals surface area contributed by atoms with Gasteiger partial charge in [-0.2, -0.15) is 0 Å². The summed E-state index contributed by atoms with van der Waals surface area (Å²) in [5.41, 5.74) is 5.45. The van der Waals surface area contributed by atoms with Gasteiger partial charge in [-0.25, -0.2) is 0 Å². The van der Waals surface area contributed by atoms with Gasteiger partial charge < -0.3 is 11.1 Å². The Morgan fingerprint density at radius 1 is 1.67 bits per heavy atom. The minimum atomic E-state index is -0.705. The summed E-state index contributed by atoms with van der Waals surface area (Å²) in [6, 6.07) is 4.22. The molecule has 0 aromatic carbocycles. The van der Waals surface area contributed by atoms with Crippen molar-refractivity contribution in [3.8, 4) is 0 Å². The molecule has 2 atom stereocenters. The second-order valence-corrected chi connectivity index (χ2v) is 6.37. The average Bonchev–Trinajstić information content (AvgIpc) is 3.06. The van der Waals surface area contributed by atoms with Crippen LogP contribution in [0.2, 0.25) is 0 Å². The minimum absolute atomic E-state index is 0.00292. The second-order valence-electron chi connectivity index (χ2n) is 5.39. The van der Waals surface area contributed by atoms with E-state index >= 15 is 0 Å². The lowest BCUT2D eigenvalue weighted by Gasteiger charge is -2.26. The fraction of sp³-hybridized carbons (Fsp3) is 0.643. The quantitative estimate of drug-likeness (QED) is 0.832. The molecule has 2 rings (SSSR count). The molecule has 18 heavy (non-hydrogen) atoms. The third-order valence-electron chi connectivity index (χ3n) is 3.68. The Kier molecular flexibility index (Phi) is 4.07. The van der Waals surface area contributed by atoms with Gasteiger partial charge in [0.05, 0.1) is 11.6 Å². The van der Waals surface area contributed by atoms with Crippen molar-refractivity contribution in [2.24, 2.45) is 11.7 Å². The van der Waals surface area contributed by atoms with Crippen molar-refractivity contribution in [3.05, 3.63) is 22.4 Å². The molecule has 2 unspecified atom stereocenters. The number of nitrogens with two attached hydrogens (primary N) is 1. The summed E-state index contributed by atoms with van der Waals surface area (Å²) in [6.45, 7) is 3.99. The lowest BCUT2D eigenvalue weighted by Crippen LogP contribution is -2.54. The maximum absolute atomic E-state index is 12.3. The van der Waals surface area contributed by atoms with Gasteiger partial charge in [-0.15, -0.1) is 11.3 Å². The van der Waals surface area contributed by atoms with E-state index in [-0.39, 0.29) is 11.9 Å². The Morgan fingerprint density at radius 3 is 2.89 bits per heavy atom. The van der Waals surface area contributed by atoms with Crippen LogP contribution in [0.4, 0.5) is 0 Å². The summed E-state index contributed by atoms with van der Waals surface area (Å²) < 4.78 is 0. The maximum Gasteiger partial charge on any atom is 0.240 e. The Morgan fingerprint density at radius 2 is 2.39 bits per heavy atom. The van der Waals surface area contributed by atoms with Crippen molar-refractivity contribution >= 4 is 17.2 Å². The molecular formula is C14H22N2OS. The van der Waals surface area contributed by atoms with Crippen molar-refractivity contribution < 1.29 is 4.79 Å². The fourth-order valence-electron chi connectivity index (χ4n) is 2.25. The van der Waals surface area contributed by atoms with Crippen LogP contribution in [0.1, 0.15) is 50.4 Å². The highest BCUT2D eigenvalue weighted by atomic mass is 32.1. The molecule has 3 N–H and O–H groups in total. The van der Waals surface area contributed by atoms with Gasteiger partial charge >= 0.3 is 0 Å². The molecule has 0 spiro atoms. The molecule has 1 aliphatic carbocycles. The van der Waals surface area contributed by atoms with Gasteiger partial charge in [0.1, 0.15) is 0 Å². The molecule has 0 radical (unpaired) electrons. The number of carbonyl (C=O) groups excluding carboxylic acids is 1. The van der Waals surface area contributed by atoms with Gasteiger partial charge in [0, 0.05) is 4.88 Å². The largest absolute Gasteiger partial charge is 0.347 e. The summed E-state index contributed by atoms with van der Waals surface area (Å²) in [5, 5.41) is 5.18. The molecule has 1 aromatic heterocycles. The number of rotatable bonds is 6. The lowest BCUT2D eigenvalue weighted by atomic mass is 9.95. The lowest BCUT2D eigenvalue weighted by molar-refractivity contribution is -0.127. The Bertz CT molecular complexity index is 396. The number of hydrogen-bond acceptors (Lipinski definition) is 3. The fourth-order valence-corrected chi connectivity index (χ4v) is 3.06. The van der Waals surface area contributed by atoms with Crippen LogP contribution in [0, 0.1) is 5.92 Å². The molecule has 1 fully saturated rings. The van der Waals surface area contributed by atoms with Crippen LogP contribution in [0.3, 0.4) is 0 Å². The number of carbonyl (C=O) groups is 1. The standard InChI is InChI=1S/C14H22N2OS/c1-3-5-11(12-6-4-9-18-12)16-13(17)14(2,15)10-7-8-10/h4,6,9-11H,3,5,7-8,15H2,1-2H3,(H,16,17). The van der Waals surface area contributed by atoms with Crippen molar-refractivity contribution in [2.75, 3.05) is 0 Å². The van der Waals surface area contributed by atoms with Crippen molar-refractivity contribution in [1.82, 2.24) is 5.32 Å². The van der Waals surface area contributed by atoms with Crippen LogP contribution < -0.4 is 11.1 Å². The first-order valence-electron chi connectivity index (χ1n) is 6.69. The van der Waals surface area contributed by atoms with Gasteiger partial charge in [-0.3, -0.25) is 4.79 Å². The third-order valence-corrected chi connectivity index (χ3v) is 4.67. The Labute approximate surface area is 113 Å². The van der Waals surface area contributed by atoms with Gasteiger partial charge in [0.15, 0.2) is 0 Å². The smallest absolute Gasteiger partial charge is 0.240 e. The van der Waals surface area contributed by atoms with Gasteiger partial charge in [0.2, 0.25) is 5.91 Å². The maximum atomic E-state index is 12.3. The summed E-state index contributed by atoms with van der Waals surface area (Å²) in [4.78, 5) is 13.5. The molecule has 1 aromatic rings. The highest BCUT2D eigenvalue weighted by Crippen LogP contribution is 2.38. The Balaban J connectivity index is 2.02. The molecule has 1 aliphatic rings. The van der Waals surface area contributed by atoms with E-state index in [2.05, 4.69) is 18.3 Å². The van der Waals surface area contributed by atoms with Crippen LogP contribution in [0.15, 0.2) is 17.5 Å². The molecule has 100 valence electrons. The zero-order valence-electron chi connectivity index (χ0n) is 11.1. The van der Waals surface area contributed by atoms with Crippen LogP contribution in [0.25, 0.3) is 0 Å². The van der Waals surface area contributed by atoms with Gasteiger partial charge in [0.25, 0.3) is 0 Å². The predicted molar refractivity (Wildman–Crippen MR) is 75.4 cm³/mol. The topological polar surface area (TPSA) is 55.1 Å². The van der Waals surface area contributed by atoms with Crippen molar-refractivity contribution in [3.63, 3.8) is 0 Å². The van der Waals surface area contributed by atoms with E-state index < -0.39 is 5.54 Å². The molecule has 0 bridgehead atoms. The number of nitrogens with one attached hydrogen (secondary N) is 1. The van der Waals surface area contributed by atoms with Crippen molar-refractivity contribution in [2.45, 2.75) is 51.1 Å². The SMILES string of the molecule is CCCC(NC(=O)C(C)(N)C1CC1)c1cccs1. The first-order chi connectivity index (χ1) is 8.55. The molecule has 1 saturated carbocycles. The van der Waals surface area contributed by atoms with Crippen molar-refractivity contribution in [1.29, 1.82) is 0 Å². The van der Waals surface area contributed by atoms with Gasteiger partial charge in [-0.05, 0) is 43.6 Å². The zero-order valence-corrected chi connectivity index (χ0v) is 11.9. The van der Waals surface area contributed by atoms with E-state index in [1.165, 1.54) is 4.88 Å². The first-order valence-corrected chi connectivity index (χ1v) is 7.57. The highest BCUT2D eigenvalue weighted by molar-refractivity contribution is 7.10. The summed E-state index contributed by atoms with van der Waals surface area (Å²) >= 11 is 1.69. The van der Waals surface area contributed by atoms with Crippen LogP contribution in [-0.4, -0.2) is 11.4 Å². The van der Waals surface area contributed by atoms with E-state index in [4.69, 9.17) is 5.73 Å². The highest BCUT2D eigenvalue weighted by Gasteiger charge is 2.44. The first kappa shape index (κ1) is 13.6. The molecule has 3 nitrogen and oxygen atoms in total. The number of amides is 1. The Hall–Kier alpha value is -0.870. The number of hydrogen-bond donors (Lipinski definition) is 2. The summed E-state index contributed by atoms with van der Waals surface area (Å²) in [5.74, 6) is 0.361. The molecule has 4 heteroatoms. The number of thiophene rings is 1. The van der Waals surface area contributed by atoms with Crippen LogP contribution in [-0.2, 0) is 4.79 Å². The normalized spacial score (nSPS) is 20.2. The van der Waals surface area contributed by atoms with E-state index in [1.54, 1.807) is 11.3 Å². The molecule has 0 aliphatic heterocycles. The van der Waals surface area contributed by atoms with Crippen LogP contribution >= 0.6 is 11.3 Å². The summed E-state index contributed by atoms with van der Waals surface area (Å²) in [6.07, 6.45) is 4.18.